The summed E-state index contributed by atoms with van der Waals surface area (Å²) in [6.45, 7) is 7.71. The van der Waals surface area contributed by atoms with Crippen LogP contribution in [-0.2, 0) is 9.53 Å². The molecule has 0 aromatic carbocycles. The predicted octanol–water partition coefficient (Wildman–Crippen LogP) is 2.53. The largest absolute Gasteiger partial charge is 0.455 e. The van der Waals surface area contributed by atoms with Crippen molar-refractivity contribution in [2.45, 2.75) is 52.1 Å². The average molecular weight is 345 g/mol. The van der Waals surface area contributed by atoms with Gasteiger partial charge in [0.2, 0.25) is 5.91 Å². The van der Waals surface area contributed by atoms with Crippen LogP contribution in [0.15, 0.2) is 18.2 Å². The Hall–Kier alpha value is -2.11. The van der Waals surface area contributed by atoms with E-state index in [2.05, 4.69) is 15.2 Å². The summed E-state index contributed by atoms with van der Waals surface area (Å²) in [5, 5.41) is 3.04. The fourth-order valence-electron chi connectivity index (χ4n) is 3.59. The van der Waals surface area contributed by atoms with Crippen LogP contribution in [0.5, 0.6) is 0 Å². The highest BCUT2D eigenvalue weighted by Crippen LogP contribution is 2.38. The van der Waals surface area contributed by atoms with Crippen LogP contribution in [0.4, 0.5) is 5.82 Å². The second-order valence-corrected chi connectivity index (χ2v) is 8.05. The Balaban J connectivity index is 1.76. The first-order valence-electron chi connectivity index (χ1n) is 9.03. The first-order valence-corrected chi connectivity index (χ1v) is 9.03. The van der Waals surface area contributed by atoms with Crippen molar-refractivity contribution in [2.75, 3.05) is 24.5 Å². The van der Waals surface area contributed by atoms with Crippen LogP contribution in [0.25, 0.3) is 0 Å². The van der Waals surface area contributed by atoms with Crippen molar-refractivity contribution in [3.05, 3.63) is 23.9 Å². The van der Waals surface area contributed by atoms with E-state index in [9.17, 15) is 9.59 Å². The zero-order chi connectivity index (χ0) is 18.1. The third-order valence-corrected chi connectivity index (χ3v) is 4.87. The fraction of sp³-hybridized carbons (Fsp3) is 0.632. The van der Waals surface area contributed by atoms with Gasteiger partial charge in [0, 0.05) is 19.6 Å². The molecule has 2 aliphatic heterocycles. The van der Waals surface area contributed by atoms with Gasteiger partial charge in [-0.3, -0.25) is 4.79 Å². The fourth-order valence-corrected chi connectivity index (χ4v) is 3.59. The quantitative estimate of drug-likeness (QED) is 0.834. The van der Waals surface area contributed by atoms with Crippen molar-refractivity contribution in [1.29, 1.82) is 0 Å². The minimum absolute atomic E-state index is 0.163. The summed E-state index contributed by atoms with van der Waals surface area (Å²) in [5.41, 5.74) is -0.566. The van der Waals surface area contributed by atoms with E-state index in [1.165, 1.54) is 0 Å². The van der Waals surface area contributed by atoms with Gasteiger partial charge in [-0.05, 0) is 52.2 Å². The van der Waals surface area contributed by atoms with E-state index in [0.717, 1.165) is 44.6 Å². The van der Waals surface area contributed by atoms with Crippen molar-refractivity contribution in [3.8, 4) is 0 Å². The maximum atomic E-state index is 12.5. The number of anilines is 1. The topological polar surface area (TPSA) is 71.5 Å². The Morgan fingerprint density at radius 1 is 1.28 bits per heavy atom. The lowest BCUT2D eigenvalue weighted by atomic mass is 9.82. The second kappa shape index (κ2) is 6.65. The van der Waals surface area contributed by atoms with Crippen molar-refractivity contribution in [1.82, 2.24) is 10.3 Å². The highest BCUT2D eigenvalue weighted by atomic mass is 16.6. The molecule has 3 heterocycles. The molecule has 2 aliphatic rings. The van der Waals surface area contributed by atoms with Gasteiger partial charge >= 0.3 is 5.97 Å². The molecule has 1 aromatic heterocycles. The molecule has 6 nitrogen and oxygen atoms in total. The van der Waals surface area contributed by atoms with Gasteiger partial charge in [0.15, 0.2) is 5.69 Å². The Bertz CT molecular complexity index is 668. The number of ether oxygens (including phenoxy) is 1. The molecule has 1 unspecified atom stereocenters. The van der Waals surface area contributed by atoms with Gasteiger partial charge in [0.05, 0.1) is 5.41 Å². The van der Waals surface area contributed by atoms with Gasteiger partial charge in [-0.1, -0.05) is 12.5 Å². The number of carbonyl (C=O) groups excluding carboxylic acids is 2. The molecule has 2 saturated heterocycles. The molecule has 136 valence electrons. The monoisotopic (exact) mass is 345 g/mol. The number of hydrogen-bond acceptors (Lipinski definition) is 5. The summed E-state index contributed by atoms with van der Waals surface area (Å²) >= 11 is 0. The highest BCUT2D eigenvalue weighted by molar-refractivity contribution is 5.88. The van der Waals surface area contributed by atoms with Crippen LogP contribution >= 0.6 is 0 Å². The minimum atomic E-state index is -0.551. The van der Waals surface area contributed by atoms with Gasteiger partial charge in [-0.2, -0.15) is 0 Å². The summed E-state index contributed by atoms with van der Waals surface area (Å²) < 4.78 is 5.40. The van der Waals surface area contributed by atoms with Gasteiger partial charge in [0.25, 0.3) is 0 Å². The Kier molecular flexibility index (Phi) is 4.71. The molecule has 1 aromatic rings. The van der Waals surface area contributed by atoms with Crippen molar-refractivity contribution >= 4 is 17.7 Å². The summed E-state index contributed by atoms with van der Waals surface area (Å²) in [7, 11) is 0. The highest BCUT2D eigenvalue weighted by Gasteiger charge is 2.45. The van der Waals surface area contributed by atoms with Crippen LogP contribution in [0.3, 0.4) is 0 Å². The molecule has 1 amide bonds. The van der Waals surface area contributed by atoms with Crippen LogP contribution in [-0.4, -0.2) is 42.1 Å². The SMILES string of the molecule is CC(C)(C)OC(=O)c1cccc(N2CCC3(CCCCNC3=O)C2)n1. The summed E-state index contributed by atoms with van der Waals surface area (Å²) in [6, 6.07) is 5.38. The summed E-state index contributed by atoms with van der Waals surface area (Å²) in [5.74, 6) is 0.476. The molecular weight excluding hydrogens is 318 g/mol. The average Bonchev–Trinajstić information content (AvgIpc) is 2.90. The van der Waals surface area contributed by atoms with E-state index in [-0.39, 0.29) is 11.3 Å². The third kappa shape index (κ3) is 3.94. The lowest BCUT2D eigenvalue weighted by Crippen LogP contribution is -2.41. The maximum absolute atomic E-state index is 12.5. The number of esters is 1. The van der Waals surface area contributed by atoms with E-state index in [1.54, 1.807) is 6.07 Å². The smallest absolute Gasteiger partial charge is 0.357 e. The van der Waals surface area contributed by atoms with E-state index in [4.69, 9.17) is 4.74 Å². The van der Waals surface area contributed by atoms with Crippen LogP contribution in [0.1, 0.15) is 56.9 Å². The Morgan fingerprint density at radius 3 is 2.84 bits per heavy atom. The molecule has 1 N–H and O–H groups in total. The van der Waals surface area contributed by atoms with E-state index >= 15 is 0 Å². The minimum Gasteiger partial charge on any atom is -0.455 e. The zero-order valence-electron chi connectivity index (χ0n) is 15.3. The third-order valence-electron chi connectivity index (χ3n) is 4.87. The number of aromatic nitrogens is 1. The summed E-state index contributed by atoms with van der Waals surface area (Å²) in [6.07, 6.45) is 3.86. The molecule has 25 heavy (non-hydrogen) atoms. The molecule has 0 aliphatic carbocycles. The standard InChI is InChI=1S/C19H27N3O3/c1-18(2,3)25-16(23)14-7-6-8-15(21-14)22-12-10-19(13-22)9-4-5-11-20-17(19)24/h6-8H,4-5,9-13H2,1-3H3,(H,20,24). The number of nitrogens with zero attached hydrogens (tertiary/aromatic N) is 2. The van der Waals surface area contributed by atoms with Crippen molar-refractivity contribution < 1.29 is 14.3 Å². The van der Waals surface area contributed by atoms with Crippen LogP contribution in [0, 0.1) is 5.41 Å². The predicted molar refractivity (Wildman–Crippen MR) is 95.5 cm³/mol. The second-order valence-electron chi connectivity index (χ2n) is 8.05. The van der Waals surface area contributed by atoms with Gasteiger partial charge in [-0.15, -0.1) is 0 Å². The summed E-state index contributed by atoms with van der Waals surface area (Å²) in [4.78, 5) is 31.4. The molecular formula is C19H27N3O3. The first kappa shape index (κ1) is 17.7. The Labute approximate surface area is 148 Å². The molecule has 6 heteroatoms. The van der Waals surface area contributed by atoms with Crippen LogP contribution < -0.4 is 10.2 Å². The molecule has 2 fully saturated rings. The number of nitrogens with one attached hydrogen (secondary N) is 1. The number of rotatable bonds is 2. The normalized spacial score (nSPS) is 24.1. The molecule has 0 saturated carbocycles. The molecule has 0 bridgehead atoms. The first-order chi connectivity index (χ1) is 11.8. The Morgan fingerprint density at radius 2 is 2.08 bits per heavy atom. The van der Waals surface area contributed by atoms with Crippen molar-refractivity contribution in [2.24, 2.45) is 5.41 Å². The van der Waals surface area contributed by atoms with Gasteiger partial charge in [-0.25, -0.2) is 9.78 Å². The molecule has 0 radical (unpaired) electrons. The number of carbonyl (C=O) groups is 2. The van der Waals surface area contributed by atoms with Crippen molar-refractivity contribution in [3.63, 3.8) is 0 Å². The van der Waals surface area contributed by atoms with E-state index < -0.39 is 11.6 Å². The van der Waals surface area contributed by atoms with Crippen LogP contribution in [0.2, 0.25) is 0 Å². The molecule has 3 rings (SSSR count). The number of amides is 1. The molecule has 1 atom stereocenters. The van der Waals surface area contributed by atoms with Gasteiger partial charge in [0.1, 0.15) is 11.4 Å². The number of hydrogen-bond donors (Lipinski definition) is 1. The van der Waals surface area contributed by atoms with Gasteiger partial charge < -0.3 is 15.0 Å². The maximum Gasteiger partial charge on any atom is 0.357 e. The lowest BCUT2D eigenvalue weighted by molar-refractivity contribution is -0.129. The van der Waals surface area contributed by atoms with E-state index in [1.807, 2.05) is 32.9 Å². The zero-order valence-corrected chi connectivity index (χ0v) is 15.3. The molecule has 1 spiro atoms. The van der Waals surface area contributed by atoms with E-state index in [0.29, 0.717) is 12.2 Å². The lowest BCUT2D eigenvalue weighted by Gasteiger charge is -2.26. The number of pyridine rings is 1.